The van der Waals surface area contributed by atoms with Gasteiger partial charge in [0.25, 0.3) is 0 Å². The quantitative estimate of drug-likeness (QED) is 0.802. The number of methoxy groups -OCH3 is 1. The Kier molecular flexibility index (Phi) is 3.18. The molecule has 1 aliphatic rings. The molecular formula is C17H16O3. The lowest BCUT2D eigenvalue weighted by Gasteiger charge is -2.05. The first-order chi connectivity index (χ1) is 9.67. The molecule has 20 heavy (non-hydrogen) atoms. The summed E-state index contributed by atoms with van der Waals surface area (Å²) in [5.41, 5.74) is 2.47. The van der Waals surface area contributed by atoms with Crippen LogP contribution in [-0.4, -0.2) is 19.0 Å². The van der Waals surface area contributed by atoms with Gasteiger partial charge < -0.3 is 9.47 Å². The van der Waals surface area contributed by atoms with Crippen molar-refractivity contribution >= 4 is 5.78 Å². The molecule has 102 valence electrons. The highest BCUT2D eigenvalue weighted by molar-refractivity contribution is 6.09. The number of hydrogen-bond acceptors (Lipinski definition) is 3. The molecule has 0 saturated heterocycles. The smallest absolute Gasteiger partial charge is 0.193 e. The minimum atomic E-state index is 0.0232. The van der Waals surface area contributed by atoms with Gasteiger partial charge >= 0.3 is 0 Å². The summed E-state index contributed by atoms with van der Waals surface area (Å²) in [5, 5.41) is 0. The van der Waals surface area contributed by atoms with E-state index in [-0.39, 0.29) is 11.9 Å². The zero-order valence-corrected chi connectivity index (χ0v) is 11.6. The number of carbonyl (C=O) groups excluding carboxylic acids is 1. The van der Waals surface area contributed by atoms with Gasteiger partial charge in [-0.05, 0) is 55.0 Å². The highest BCUT2D eigenvalue weighted by atomic mass is 16.5. The summed E-state index contributed by atoms with van der Waals surface area (Å²) < 4.78 is 10.7. The van der Waals surface area contributed by atoms with Crippen molar-refractivity contribution < 1.29 is 14.3 Å². The lowest BCUT2D eigenvalue weighted by atomic mass is 10.00. The minimum Gasteiger partial charge on any atom is -0.497 e. The summed E-state index contributed by atoms with van der Waals surface area (Å²) in [5.74, 6) is 1.66. The summed E-state index contributed by atoms with van der Waals surface area (Å²) in [4.78, 5) is 12.4. The second-order valence-electron chi connectivity index (χ2n) is 5.01. The topological polar surface area (TPSA) is 35.5 Å². The van der Waals surface area contributed by atoms with Gasteiger partial charge in [0, 0.05) is 17.5 Å². The first-order valence-corrected chi connectivity index (χ1v) is 6.65. The Morgan fingerprint density at radius 1 is 1.15 bits per heavy atom. The maximum absolute atomic E-state index is 12.4. The maximum Gasteiger partial charge on any atom is 0.193 e. The number of hydrogen-bond donors (Lipinski definition) is 0. The molecule has 0 unspecified atom stereocenters. The van der Waals surface area contributed by atoms with Gasteiger partial charge in [0.1, 0.15) is 17.6 Å². The fourth-order valence-electron chi connectivity index (χ4n) is 2.47. The fraction of sp³-hybridized carbons (Fsp3) is 0.235. The molecule has 0 saturated carbocycles. The molecule has 1 atom stereocenters. The van der Waals surface area contributed by atoms with E-state index < -0.39 is 0 Å². The van der Waals surface area contributed by atoms with E-state index in [1.54, 1.807) is 31.4 Å². The van der Waals surface area contributed by atoms with E-state index in [1.807, 2.05) is 25.1 Å². The molecule has 0 radical (unpaired) electrons. The number of rotatable bonds is 3. The average Bonchev–Trinajstić information content (AvgIpc) is 2.85. The van der Waals surface area contributed by atoms with Crippen LogP contribution in [-0.2, 0) is 6.42 Å². The van der Waals surface area contributed by atoms with Crippen LogP contribution >= 0.6 is 0 Å². The molecule has 3 heteroatoms. The second-order valence-corrected chi connectivity index (χ2v) is 5.01. The normalized spacial score (nSPS) is 16.4. The number of ether oxygens (including phenoxy) is 2. The molecule has 3 nitrogen and oxygen atoms in total. The SMILES string of the molecule is COc1ccc(C(=O)c2ccc3c(c2)C[C@H](C)O3)cc1. The van der Waals surface area contributed by atoms with Crippen molar-refractivity contribution in [3.8, 4) is 11.5 Å². The standard InChI is InChI=1S/C17H16O3/c1-11-9-14-10-13(5-8-16(14)20-11)17(18)12-3-6-15(19-2)7-4-12/h3-8,10-11H,9H2,1-2H3/t11-/m0/s1. The van der Waals surface area contributed by atoms with E-state index in [0.29, 0.717) is 11.1 Å². The third-order valence-electron chi connectivity index (χ3n) is 3.51. The van der Waals surface area contributed by atoms with Crippen LogP contribution in [0.5, 0.6) is 11.5 Å². The Labute approximate surface area is 118 Å². The van der Waals surface area contributed by atoms with Crippen LogP contribution in [0.4, 0.5) is 0 Å². The van der Waals surface area contributed by atoms with E-state index in [4.69, 9.17) is 9.47 Å². The zero-order chi connectivity index (χ0) is 14.1. The molecule has 0 N–H and O–H groups in total. The second kappa shape index (κ2) is 5.00. The van der Waals surface area contributed by atoms with Crippen molar-refractivity contribution in [2.24, 2.45) is 0 Å². The van der Waals surface area contributed by atoms with Crippen LogP contribution < -0.4 is 9.47 Å². The number of ketones is 1. The summed E-state index contributed by atoms with van der Waals surface area (Å²) >= 11 is 0. The number of fused-ring (bicyclic) bond motifs is 1. The molecule has 3 rings (SSSR count). The van der Waals surface area contributed by atoms with Gasteiger partial charge in [-0.2, -0.15) is 0 Å². The Morgan fingerprint density at radius 2 is 1.85 bits per heavy atom. The predicted molar refractivity (Wildman–Crippen MR) is 76.7 cm³/mol. The zero-order valence-electron chi connectivity index (χ0n) is 11.6. The molecule has 1 heterocycles. The van der Waals surface area contributed by atoms with E-state index in [0.717, 1.165) is 23.5 Å². The molecular weight excluding hydrogens is 252 g/mol. The molecule has 0 amide bonds. The van der Waals surface area contributed by atoms with Crippen molar-refractivity contribution in [2.45, 2.75) is 19.4 Å². The van der Waals surface area contributed by atoms with Crippen molar-refractivity contribution in [1.29, 1.82) is 0 Å². The van der Waals surface area contributed by atoms with Crippen LogP contribution in [0.15, 0.2) is 42.5 Å². The van der Waals surface area contributed by atoms with Crippen LogP contribution in [0.2, 0.25) is 0 Å². The lowest BCUT2D eigenvalue weighted by molar-refractivity contribution is 0.103. The summed E-state index contributed by atoms with van der Waals surface area (Å²) in [6, 6.07) is 12.8. The molecule has 0 aliphatic carbocycles. The Balaban J connectivity index is 1.89. The fourth-order valence-corrected chi connectivity index (χ4v) is 2.47. The van der Waals surface area contributed by atoms with Gasteiger partial charge in [-0.25, -0.2) is 0 Å². The van der Waals surface area contributed by atoms with Crippen LogP contribution in [0, 0.1) is 0 Å². The first kappa shape index (κ1) is 12.7. The molecule has 0 fully saturated rings. The van der Waals surface area contributed by atoms with E-state index >= 15 is 0 Å². The molecule has 0 bridgehead atoms. The van der Waals surface area contributed by atoms with Gasteiger partial charge in [-0.1, -0.05) is 0 Å². The third kappa shape index (κ3) is 2.27. The summed E-state index contributed by atoms with van der Waals surface area (Å²) in [6.45, 7) is 2.03. The van der Waals surface area contributed by atoms with Gasteiger partial charge in [0.15, 0.2) is 5.78 Å². The minimum absolute atomic E-state index is 0.0232. The van der Waals surface area contributed by atoms with E-state index in [1.165, 1.54) is 0 Å². The Morgan fingerprint density at radius 3 is 2.55 bits per heavy atom. The third-order valence-corrected chi connectivity index (χ3v) is 3.51. The molecule has 2 aromatic rings. The van der Waals surface area contributed by atoms with Crippen molar-refractivity contribution in [1.82, 2.24) is 0 Å². The van der Waals surface area contributed by atoms with Crippen LogP contribution in [0.1, 0.15) is 28.4 Å². The van der Waals surface area contributed by atoms with E-state index in [9.17, 15) is 4.79 Å². The summed E-state index contributed by atoms with van der Waals surface area (Å²) in [7, 11) is 1.61. The highest BCUT2D eigenvalue weighted by Crippen LogP contribution is 2.30. The van der Waals surface area contributed by atoms with Crippen LogP contribution in [0.25, 0.3) is 0 Å². The first-order valence-electron chi connectivity index (χ1n) is 6.65. The Bertz CT molecular complexity index is 644. The molecule has 0 spiro atoms. The van der Waals surface area contributed by atoms with Gasteiger partial charge in [-0.3, -0.25) is 4.79 Å². The number of carbonyl (C=O) groups is 1. The highest BCUT2D eigenvalue weighted by Gasteiger charge is 2.20. The molecule has 1 aliphatic heterocycles. The predicted octanol–water partition coefficient (Wildman–Crippen LogP) is 3.25. The number of benzene rings is 2. The average molecular weight is 268 g/mol. The monoisotopic (exact) mass is 268 g/mol. The van der Waals surface area contributed by atoms with Gasteiger partial charge in [0.05, 0.1) is 7.11 Å². The van der Waals surface area contributed by atoms with Crippen molar-refractivity contribution in [3.05, 3.63) is 59.2 Å². The van der Waals surface area contributed by atoms with Crippen molar-refractivity contribution in [3.63, 3.8) is 0 Å². The summed E-state index contributed by atoms with van der Waals surface area (Å²) in [6.07, 6.45) is 1.05. The van der Waals surface area contributed by atoms with E-state index in [2.05, 4.69) is 0 Å². The Hall–Kier alpha value is -2.29. The van der Waals surface area contributed by atoms with Gasteiger partial charge in [0.2, 0.25) is 0 Å². The van der Waals surface area contributed by atoms with Crippen molar-refractivity contribution in [2.75, 3.05) is 7.11 Å². The largest absolute Gasteiger partial charge is 0.497 e. The maximum atomic E-state index is 12.4. The van der Waals surface area contributed by atoms with Gasteiger partial charge in [-0.15, -0.1) is 0 Å². The molecule has 2 aromatic carbocycles. The lowest BCUT2D eigenvalue weighted by Crippen LogP contribution is -2.05. The molecule has 0 aromatic heterocycles. The van der Waals surface area contributed by atoms with Crippen LogP contribution in [0.3, 0.4) is 0 Å².